The first-order chi connectivity index (χ1) is 7.70. The second kappa shape index (κ2) is 7.44. The van der Waals surface area contributed by atoms with Crippen molar-refractivity contribution in [3.05, 3.63) is 12.2 Å². The number of carbonyl (C=O) groups is 1. The van der Waals surface area contributed by atoms with Gasteiger partial charge in [0, 0.05) is 18.7 Å². The van der Waals surface area contributed by atoms with Crippen LogP contribution in [-0.2, 0) is 4.79 Å². The Kier molecular flexibility index (Phi) is 6.16. The Morgan fingerprint density at radius 1 is 1.38 bits per heavy atom. The van der Waals surface area contributed by atoms with Gasteiger partial charge in [-0.1, -0.05) is 31.8 Å². The minimum Gasteiger partial charge on any atom is -0.478 e. The van der Waals surface area contributed by atoms with Crippen LogP contribution in [-0.4, -0.2) is 23.7 Å². The first kappa shape index (κ1) is 13.2. The van der Waals surface area contributed by atoms with Crippen molar-refractivity contribution >= 4 is 5.97 Å². The monoisotopic (exact) mass is 225 g/mol. The van der Waals surface area contributed by atoms with Crippen molar-refractivity contribution in [1.82, 2.24) is 5.32 Å². The van der Waals surface area contributed by atoms with Crippen molar-refractivity contribution in [2.75, 3.05) is 6.54 Å². The lowest BCUT2D eigenvalue weighted by molar-refractivity contribution is -0.131. The molecule has 1 rings (SSSR count). The van der Waals surface area contributed by atoms with Gasteiger partial charge in [0.2, 0.25) is 0 Å². The van der Waals surface area contributed by atoms with Crippen LogP contribution < -0.4 is 5.32 Å². The average molecular weight is 225 g/mol. The molecule has 0 spiro atoms. The second-order valence-corrected chi connectivity index (χ2v) is 4.69. The van der Waals surface area contributed by atoms with Gasteiger partial charge >= 0.3 is 5.97 Å². The maximum Gasteiger partial charge on any atom is 0.328 e. The molecule has 0 amide bonds. The highest BCUT2D eigenvalue weighted by atomic mass is 16.4. The minimum atomic E-state index is -0.871. The van der Waals surface area contributed by atoms with E-state index in [0.717, 1.165) is 5.92 Å². The van der Waals surface area contributed by atoms with E-state index in [2.05, 4.69) is 12.2 Å². The lowest BCUT2D eigenvalue weighted by Crippen LogP contribution is -2.33. The fraction of sp³-hybridized carbons (Fsp3) is 0.769. The van der Waals surface area contributed by atoms with Crippen molar-refractivity contribution in [3.8, 4) is 0 Å². The molecule has 1 atom stereocenters. The molecule has 0 bridgehead atoms. The zero-order chi connectivity index (χ0) is 11.8. The largest absolute Gasteiger partial charge is 0.478 e. The summed E-state index contributed by atoms with van der Waals surface area (Å²) in [5.41, 5.74) is 0. The quantitative estimate of drug-likeness (QED) is 0.558. The van der Waals surface area contributed by atoms with Crippen LogP contribution in [0.5, 0.6) is 0 Å². The zero-order valence-corrected chi connectivity index (χ0v) is 10.1. The lowest BCUT2D eigenvalue weighted by atomic mass is 9.93. The van der Waals surface area contributed by atoms with Crippen LogP contribution in [0.15, 0.2) is 12.2 Å². The number of rotatable bonds is 5. The Labute approximate surface area is 97.9 Å². The molecule has 0 aromatic carbocycles. The Bertz CT molecular complexity index is 230. The van der Waals surface area contributed by atoms with Crippen molar-refractivity contribution in [2.45, 2.75) is 51.5 Å². The van der Waals surface area contributed by atoms with E-state index in [1.54, 1.807) is 6.08 Å². The van der Waals surface area contributed by atoms with Crippen molar-refractivity contribution in [1.29, 1.82) is 0 Å². The molecule has 0 aromatic heterocycles. The number of hydrogen-bond donors (Lipinski definition) is 2. The number of carboxylic acids is 1. The Hall–Kier alpha value is -0.830. The van der Waals surface area contributed by atoms with Crippen LogP contribution in [0.4, 0.5) is 0 Å². The molecule has 16 heavy (non-hydrogen) atoms. The maximum absolute atomic E-state index is 10.3. The summed E-state index contributed by atoms with van der Waals surface area (Å²) in [6.07, 6.45) is 11.0. The van der Waals surface area contributed by atoms with Gasteiger partial charge < -0.3 is 10.4 Å². The molecular weight excluding hydrogens is 202 g/mol. The van der Waals surface area contributed by atoms with Gasteiger partial charge in [0.1, 0.15) is 0 Å². The Morgan fingerprint density at radius 3 is 2.56 bits per heavy atom. The van der Waals surface area contributed by atoms with E-state index in [0.29, 0.717) is 12.6 Å². The molecule has 2 N–H and O–H groups in total. The van der Waals surface area contributed by atoms with Crippen LogP contribution in [0.1, 0.15) is 45.4 Å². The minimum absolute atomic E-state index is 0.497. The van der Waals surface area contributed by atoms with Crippen molar-refractivity contribution in [3.63, 3.8) is 0 Å². The summed E-state index contributed by atoms with van der Waals surface area (Å²) in [6.45, 7) is 2.87. The van der Waals surface area contributed by atoms with Crippen molar-refractivity contribution < 1.29 is 9.90 Å². The fourth-order valence-electron chi connectivity index (χ4n) is 2.39. The van der Waals surface area contributed by atoms with Gasteiger partial charge in [-0.25, -0.2) is 4.79 Å². The lowest BCUT2D eigenvalue weighted by Gasteiger charge is -2.22. The molecule has 92 valence electrons. The SMILES string of the molecule is C[C@@H](NC/C=C/C(=O)O)C1CCCCCC1. The molecule has 0 aromatic rings. The van der Waals surface area contributed by atoms with Gasteiger partial charge in [0.15, 0.2) is 0 Å². The van der Waals surface area contributed by atoms with E-state index < -0.39 is 5.97 Å². The summed E-state index contributed by atoms with van der Waals surface area (Å²) < 4.78 is 0. The van der Waals surface area contributed by atoms with E-state index in [9.17, 15) is 4.79 Å². The number of carboxylic acid groups (broad SMARTS) is 1. The van der Waals surface area contributed by atoms with E-state index in [1.165, 1.54) is 44.6 Å². The van der Waals surface area contributed by atoms with Crippen LogP contribution in [0.3, 0.4) is 0 Å². The third kappa shape index (κ3) is 5.31. The summed E-state index contributed by atoms with van der Waals surface area (Å²) >= 11 is 0. The van der Waals surface area contributed by atoms with Gasteiger partial charge in [-0.15, -0.1) is 0 Å². The molecule has 3 nitrogen and oxygen atoms in total. The number of hydrogen-bond acceptors (Lipinski definition) is 2. The van der Waals surface area contributed by atoms with Crippen molar-refractivity contribution in [2.24, 2.45) is 5.92 Å². The normalized spacial score (nSPS) is 20.8. The zero-order valence-electron chi connectivity index (χ0n) is 10.1. The molecule has 0 unspecified atom stereocenters. The van der Waals surface area contributed by atoms with Gasteiger partial charge in [-0.3, -0.25) is 0 Å². The third-order valence-electron chi connectivity index (χ3n) is 3.43. The molecule has 1 aliphatic carbocycles. The highest BCUT2D eigenvalue weighted by Crippen LogP contribution is 2.25. The van der Waals surface area contributed by atoms with E-state index in [-0.39, 0.29) is 0 Å². The Balaban J connectivity index is 2.22. The first-order valence-electron chi connectivity index (χ1n) is 6.33. The van der Waals surface area contributed by atoms with Gasteiger partial charge in [-0.2, -0.15) is 0 Å². The highest BCUT2D eigenvalue weighted by molar-refractivity contribution is 5.79. The first-order valence-corrected chi connectivity index (χ1v) is 6.33. The second-order valence-electron chi connectivity index (χ2n) is 4.69. The van der Waals surface area contributed by atoms with Crippen LogP contribution >= 0.6 is 0 Å². The van der Waals surface area contributed by atoms with E-state index in [1.807, 2.05) is 0 Å². The summed E-state index contributed by atoms with van der Waals surface area (Å²) in [5.74, 6) is -0.107. The number of aliphatic carboxylic acids is 1. The summed E-state index contributed by atoms with van der Waals surface area (Å²) in [4.78, 5) is 10.3. The topological polar surface area (TPSA) is 49.3 Å². The fourth-order valence-corrected chi connectivity index (χ4v) is 2.39. The van der Waals surface area contributed by atoms with Crippen LogP contribution in [0.25, 0.3) is 0 Å². The predicted octanol–water partition coefficient (Wildman–Crippen LogP) is 2.58. The molecule has 1 saturated carbocycles. The Morgan fingerprint density at radius 2 is 2.00 bits per heavy atom. The van der Waals surface area contributed by atoms with Gasteiger partial charge in [0.05, 0.1) is 0 Å². The highest BCUT2D eigenvalue weighted by Gasteiger charge is 2.17. The molecule has 0 heterocycles. The maximum atomic E-state index is 10.3. The number of nitrogens with one attached hydrogen (secondary N) is 1. The molecule has 0 saturated heterocycles. The summed E-state index contributed by atoms with van der Waals surface area (Å²) in [5, 5.41) is 11.8. The average Bonchev–Trinajstić information content (AvgIpc) is 2.52. The molecular formula is C13H23NO2. The molecule has 1 fully saturated rings. The molecule has 3 heteroatoms. The van der Waals surface area contributed by atoms with Gasteiger partial charge in [-0.05, 0) is 25.7 Å². The van der Waals surface area contributed by atoms with Crippen LogP contribution in [0, 0.1) is 5.92 Å². The molecule has 0 radical (unpaired) electrons. The van der Waals surface area contributed by atoms with E-state index >= 15 is 0 Å². The molecule has 1 aliphatic rings. The standard InChI is InChI=1S/C13H23NO2/c1-11(14-10-6-9-13(15)16)12-7-4-2-3-5-8-12/h6,9,11-12,14H,2-5,7-8,10H2,1H3,(H,15,16)/b9-6+/t11-/m1/s1. The summed E-state index contributed by atoms with van der Waals surface area (Å²) in [6, 6.07) is 0.497. The van der Waals surface area contributed by atoms with Gasteiger partial charge in [0.25, 0.3) is 0 Å². The third-order valence-corrected chi connectivity index (χ3v) is 3.43. The van der Waals surface area contributed by atoms with E-state index in [4.69, 9.17) is 5.11 Å². The predicted molar refractivity (Wildman–Crippen MR) is 65.4 cm³/mol. The van der Waals surface area contributed by atoms with Crippen LogP contribution in [0.2, 0.25) is 0 Å². The summed E-state index contributed by atoms with van der Waals surface area (Å²) in [7, 11) is 0. The smallest absolute Gasteiger partial charge is 0.328 e. The molecule has 0 aliphatic heterocycles.